The molecule has 0 unspecified atom stereocenters. The highest BCUT2D eigenvalue weighted by Crippen LogP contribution is 2.26. The van der Waals surface area contributed by atoms with E-state index < -0.39 is 0 Å². The number of benzene rings is 1. The van der Waals surface area contributed by atoms with Crippen molar-refractivity contribution in [2.24, 2.45) is 0 Å². The Morgan fingerprint density at radius 1 is 1.00 bits per heavy atom. The van der Waals surface area contributed by atoms with Crippen molar-refractivity contribution >= 4 is 6.08 Å². The summed E-state index contributed by atoms with van der Waals surface area (Å²) in [5.41, 5.74) is 6.16. The number of allylic oxidation sites excluding steroid dienone is 1. The molecule has 1 heterocycles. The van der Waals surface area contributed by atoms with E-state index in [9.17, 15) is 0 Å². The second kappa shape index (κ2) is 4.96. The van der Waals surface area contributed by atoms with Crippen LogP contribution in [-0.4, -0.2) is 4.98 Å². The quantitative estimate of drug-likeness (QED) is 0.735. The summed E-state index contributed by atoms with van der Waals surface area (Å²) in [6.45, 7) is 6.24. The number of rotatable bonds is 2. The largest absolute Gasteiger partial charge is 0.264 e. The lowest BCUT2D eigenvalue weighted by molar-refractivity contribution is 1.26. The van der Waals surface area contributed by atoms with Crippen LogP contribution in [0, 0.1) is 13.8 Å². The molecule has 0 spiro atoms. The highest BCUT2D eigenvalue weighted by molar-refractivity contribution is 5.76. The third-order valence-electron chi connectivity index (χ3n) is 2.88. The van der Waals surface area contributed by atoms with E-state index in [-0.39, 0.29) is 0 Å². The Bertz CT molecular complexity index is 536. The smallest absolute Gasteiger partial charge is 0.0352 e. The number of hydrogen-bond donors (Lipinski definition) is 0. The van der Waals surface area contributed by atoms with Gasteiger partial charge in [0.2, 0.25) is 0 Å². The van der Waals surface area contributed by atoms with E-state index in [1.807, 2.05) is 19.3 Å². The fraction of sp³-hybridized carbons (Fsp3) is 0.188. The summed E-state index contributed by atoms with van der Waals surface area (Å²) in [5.74, 6) is 0. The lowest BCUT2D eigenvalue weighted by atomic mass is 9.98. The Kier molecular flexibility index (Phi) is 3.38. The zero-order chi connectivity index (χ0) is 12.3. The summed E-state index contributed by atoms with van der Waals surface area (Å²) in [7, 11) is 0. The molecule has 0 saturated heterocycles. The first-order valence-corrected chi connectivity index (χ1v) is 5.86. The van der Waals surface area contributed by atoms with E-state index in [1.54, 1.807) is 0 Å². The molecule has 1 aromatic heterocycles. The van der Waals surface area contributed by atoms with Gasteiger partial charge in [-0.3, -0.25) is 4.98 Å². The summed E-state index contributed by atoms with van der Waals surface area (Å²) >= 11 is 0. The normalized spacial score (nSPS) is 11.0. The molecule has 0 fully saturated rings. The first kappa shape index (κ1) is 11.6. The van der Waals surface area contributed by atoms with Crippen LogP contribution in [0.4, 0.5) is 0 Å². The maximum Gasteiger partial charge on any atom is 0.0352 e. The Morgan fingerprint density at radius 2 is 1.71 bits per heavy atom. The second-order valence-corrected chi connectivity index (χ2v) is 4.28. The van der Waals surface area contributed by atoms with Crippen LogP contribution in [0.1, 0.15) is 23.6 Å². The molecule has 0 aliphatic rings. The van der Waals surface area contributed by atoms with Crippen LogP contribution in [0.3, 0.4) is 0 Å². The zero-order valence-electron chi connectivity index (χ0n) is 10.6. The molecule has 2 rings (SSSR count). The summed E-state index contributed by atoms with van der Waals surface area (Å²) in [5, 5.41) is 0. The van der Waals surface area contributed by atoms with Crippen molar-refractivity contribution in [2.75, 3.05) is 0 Å². The van der Waals surface area contributed by atoms with Gasteiger partial charge in [0.25, 0.3) is 0 Å². The molecule has 1 aromatic carbocycles. The lowest BCUT2D eigenvalue weighted by Crippen LogP contribution is -1.89. The number of hydrogen-bond acceptors (Lipinski definition) is 1. The van der Waals surface area contributed by atoms with Gasteiger partial charge in [-0.15, -0.1) is 0 Å². The standard InChI is InChI=1S/C16H17N/c1-4-5-15-13(3)10-17-11-16(15)14-8-6-12(2)7-9-14/h4-11H,1-3H3/b5-4-. The van der Waals surface area contributed by atoms with E-state index in [2.05, 4.69) is 55.2 Å². The van der Waals surface area contributed by atoms with Gasteiger partial charge in [0.05, 0.1) is 0 Å². The molecule has 0 N–H and O–H groups in total. The van der Waals surface area contributed by atoms with Gasteiger partial charge in [-0.05, 0) is 37.5 Å². The fourth-order valence-corrected chi connectivity index (χ4v) is 1.93. The van der Waals surface area contributed by atoms with E-state index >= 15 is 0 Å². The number of aryl methyl sites for hydroxylation is 2. The van der Waals surface area contributed by atoms with Crippen LogP contribution in [0.15, 0.2) is 42.7 Å². The first-order chi connectivity index (χ1) is 8.22. The summed E-state index contributed by atoms with van der Waals surface area (Å²) < 4.78 is 0. The van der Waals surface area contributed by atoms with E-state index in [0.717, 1.165) is 0 Å². The molecule has 1 heteroatoms. The maximum atomic E-state index is 4.29. The second-order valence-electron chi connectivity index (χ2n) is 4.28. The predicted octanol–water partition coefficient (Wildman–Crippen LogP) is 4.40. The van der Waals surface area contributed by atoms with Crippen molar-refractivity contribution < 1.29 is 0 Å². The molecule has 0 bridgehead atoms. The van der Waals surface area contributed by atoms with Crippen LogP contribution in [0.2, 0.25) is 0 Å². The van der Waals surface area contributed by atoms with Gasteiger partial charge in [0.15, 0.2) is 0 Å². The monoisotopic (exact) mass is 223 g/mol. The topological polar surface area (TPSA) is 12.9 Å². The minimum atomic E-state index is 1.20. The molecule has 17 heavy (non-hydrogen) atoms. The zero-order valence-corrected chi connectivity index (χ0v) is 10.6. The van der Waals surface area contributed by atoms with Gasteiger partial charge in [-0.2, -0.15) is 0 Å². The van der Waals surface area contributed by atoms with Crippen molar-refractivity contribution in [1.82, 2.24) is 4.98 Å². The predicted molar refractivity (Wildman–Crippen MR) is 73.9 cm³/mol. The highest BCUT2D eigenvalue weighted by atomic mass is 14.6. The Balaban J connectivity index is 2.58. The average molecular weight is 223 g/mol. The average Bonchev–Trinajstić information content (AvgIpc) is 2.33. The van der Waals surface area contributed by atoms with E-state index in [0.29, 0.717) is 0 Å². The third-order valence-corrected chi connectivity index (χ3v) is 2.88. The van der Waals surface area contributed by atoms with Crippen LogP contribution in [0.25, 0.3) is 17.2 Å². The first-order valence-electron chi connectivity index (χ1n) is 5.86. The molecule has 86 valence electrons. The van der Waals surface area contributed by atoms with E-state index in [4.69, 9.17) is 0 Å². The SMILES string of the molecule is C/C=C\c1c(C)cncc1-c1ccc(C)cc1. The van der Waals surface area contributed by atoms with Crippen molar-refractivity contribution in [2.45, 2.75) is 20.8 Å². The van der Waals surface area contributed by atoms with Crippen LogP contribution in [-0.2, 0) is 0 Å². The van der Waals surface area contributed by atoms with Crippen LogP contribution < -0.4 is 0 Å². The molecule has 2 aromatic rings. The van der Waals surface area contributed by atoms with Gasteiger partial charge in [-0.1, -0.05) is 42.0 Å². The van der Waals surface area contributed by atoms with Crippen molar-refractivity contribution in [3.63, 3.8) is 0 Å². The lowest BCUT2D eigenvalue weighted by Gasteiger charge is -2.09. The number of pyridine rings is 1. The minimum absolute atomic E-state index is 1.20. The Morgan fingerprint density at radius 3 is 2.35 bits per heavy atom. The van der Waals surface area contributed by atoms with Gasteiger partial charge in [0, 0.05) is 18.0 Å². The minimum Gasteiger partial charge on any atom is -0.264 e. The molecule has 0 saturated carbocycles. The number of aromatic nitrogens is 1. The van der Waals surface area contributed by atoms with Gasteiger partial charge in [-0.25, -0.2) is 0 Å². The van der Waals surface area contributed by atoms with Crippen molar-refractivity contribution in [1.29, 1.82) is 0 Å². The number of nitrogens with zero attached hydrogens (tertiary/aromatic N) is 1. The Hall–Kier alpha value is -1.89. The van der Waals surface area contributed by atoms with Gasteiger partial charge < -0.3 is 0 Å². The van der Waals surface area contributed by atoms with Crippen LogP contribution >= 0.6 is 0 Å². The summed E-state index contributed by atoms with van der Waals surface area (Å²) in [4.78, 5) is 4.29. The fourth-order valence-electron chi connectivity index (χ4n) is 1.93. The Labute approximate surface area is 103 Å². The van der Waals surface area contributed by atoms with Crippen molar-refractivity contribution in [3.05, 3.63) is 59.4 Å². The third kappa shape index (κ3) is 2.44. The van der Waals surface area contributed by atoms with E-state index in [1.165, 1.54) is 27.8 Å². The molecule has 0 aliphatic heterocycles. The molecular formula is C16H17N. The van der Waals surface area contributed by atoms with Gasteiger partial charge >= 0.3 is 0 Å². The van der Waals surface area contributed by atoms with Crippen molar-refractivity contribution in [3.8, 4) is 11.1 Å². The molecular weight excluding hydrogens is 206 g/mol. The molecule has 0 amide bonds. The molecule has 0 atom stereocenters. The maximum absolute atomic E-state index is 4.29. The van der Waals surface area contributed by atoms with Crippen LogP contribution in [0.5, 0.6) is 0 Å². The molecule has 1 nitrogen and oxygen atoms in total. The highest BCUT2D eigenvalue weighted by Gasteiger charge is 2.05. The van der Waals surface area contributed by atoms with Gasteiger partial charge in [0.1, 0.15) is 0 Å². The molecule has 0 aliphatic carbocycles. The molecule has 0 radical (unpaired) electrons. The summed E-state index contributed by atoms with van der Waals surface area (Å²) in [6, 6.07) is 8.58. The summed E-state index contributed by atoms with van der Waals surface area (Å²) in [6.07, 6.45) is 8.06.